The van der Waals surface area contributed by atoms with E-state index < -0.39 is 22.9 Å². The van der Waals surface area contributed by atoms with Crippen molar-refractivity contribution >= 4 is 5.91 Å². The fraction of sp³-hybridized carbons (Fsp3) is 0.760. The molecular formula is C25H34F3N3O4. The van der Waals surface area contributed by atoms with Crippen LogP contribution in [0.2, 0.25) is 0 Å². The van der Waals surface area contributed by atoms with Gasteiger partial charge in [-0.2, -0.15) is 13.2 Å². The van der Waals surface area contributed by atoms with Crippen LogP contribution in [0.25, 0.3) is 0 Å². The Hall–Kier alpha value is -1.75. The average molecular weight is 498 g/mol. The highest BCUT2D eigenvalue weighted by atomic mass is 19.4. The zero-order chi connectivity index (χ0) is 24.8. The molecule has 2 aliphatic heterocycles. The van der Waals surface area contributed by atoms with Gasteiger partial charge in [0.2, 0.25) is 5.91 Å². The number of alkyl halides is 3. The molecule has 3 fully saturated rings. The van der Waals surface area contributed by atoms with Crippen LogP contribution in [0.1, 0.15) is 55.3 Å². The summed E-state index contributed by atoms with van der Waals surface area (Å²) in [4.78, 5) is 19.8. The van der Waals surface area contributed by atoms with Gasteiger partial charge >= 0.3 is 6.18 Å². The molecule has 3 heterocycles. The average Bonchev–Trinajstić information content (AvgIpc) is 3.41. The number of methoxy groups -OCH3 is 2. The fourth-order valence-corrected chi connectivity index (χ4v) is 6.94. The van der Waals surface area contributed by atoms with Crippen LogP contribution in [0, 0.1) is 11.3 Å². The number of halogens is 3. The topological polar surface area (TPSA) is 72.9 Å². The Morgan fingerprint density at radius 1 is 1.29 bits per heavy atom. The quantitative estimate of drug-likeness (QED) is 0.630. The molecule has 2 aliphatic carbocycles. The van der Waals surface area contributed by atoms with E-state index in [9.17, 15) is 18.0 Å². The minimum absolute atomic E-state index is 0.0806. The van der Waals surface area contributed by atoms with Gasteiger partial charge in [-0.3, -0.25) is 9.78 Å². The molecule has 194 valence electrons. The second-order valence-electron chi connectivity index (χ2n) is 10.5. The lowest BCUT2D eigenvalue weighted by Gasteiger charge is -2.43. The van der Waals surface area contributed by atoms with E-state index in [1.165, 1.54) is 0 Å². The third-order valence-corrected chi connectivity index (χ3v) is 8.75. The second-order valence-corrected chi connectivity index (χ2v) is 10.5. The Balaban J connectivity index is 1.32. The third kappa shape index (κ3) is 4.36. The Morgan fingerprint density at radius 3 is 2.83 bits per heavy atom. The van der Waals surface area contributed by atoms with Crippen LogP contribution in [0.4, 0.5) is 13.2 Å². The maximum atomic E-state index is 14.0. The normalized spacial score (nSPS) is 32.4. The molecular weight excluding hydrogens is 463 g/mol. The van der Waals surface area contributed by atoms with E-state index >= 15 is 0 Å². The number of ether oxygens (including phenoxy) is 3. The van der Waals surface area contributed by atoms with E-state index in [2.05, 4.69) is 10.3 Å². The van der Waals surface area contributed by atoms with Crippen molar-refractivity contribution in [3.8, 4) is 0 Å². The summed E-state index contributed by atoms with van der Waals surface area (Å²) < 4.78 is 56.9. The lowest BCUT2D eigenvalue weighted by Crippen LogP contribution is -2.61. The number of hydrogen-bond donors (Lipinski definition) is 1. The van der Waals surface area contributed by atoms with Crippen LogP contribution < -0.4 is 5.32 Å². The van der Waals surface area contributed by atoms with Crippen LogP contribution in [-0.2, 0) is 38.1 Å². The zero-order valence-corrected chi connectivity index (χ0v) is 20.3. The van der Waals surface area contributed by atoms with Crippen LogP contribution >= 0.6 is 0 Å². The molecule has 0 spiro atoms. The van der Waals surface area contributed by atoms with Gasteiger partial charge in [0.15, 0.2) is 5.79 Å². The number of nitrogens with zero attached hydrogens (tertiary/aromatic N) is 2. The molecule has 2 saturated carbocycles. The first-order valence-corrected chi connectivity index (χ1v) is 12.5. The number of aromatic nitrogens is 1. The van der Waals surface area contributed by atoms with Crippen molar-refractivity contribution in [3.05, 3.63) is 29.1 Å². The Morgan fingerprint density at radius 2 is 2.09 bits per heavy atom. The van der Waals surface area contributed by atoms with E-state index in [1.807, 2.05) is 0 Å². The van der Waals surface area contributed by atoms with Gasteiger partial charge in [-0.25, -0.2) is 0 Å². The molecule has 4 aliphatic rings. The van der Waals surface area contributed by atoms with Gasteiger partial charge in [-0.15, -0.1) is 0 Å². The van der Waals surface area contributed by atoms with Crippen molar-refractivity contribution in [1.29, 1.82) is 0 Å². The van der Waals surface area contributed by atoms with Crippen LogP contribution in [0.5, 0.6) is 0 Å². The summed E-state index contributed by atoms with van der Waals surface area (Å²) in [6, 6.07) is 1.13. The van der Waals surface area contributed by atoms with Gasteiger partial charge in [0.05, 0.1) is 30.2 Å². The zero-order valence-electron chi connectivity index (χ0n) is 20.3. The minimum atomic E-state index is -4.45. The van der Waals surface area contributed by atoms with Crippen molar-refractivity contribution in [3.63, 3.8) is 0 Å². The number of amides is 1. The summed E-state index contributed by atoms with van der Waals surface area (Å²) >= 11 is 0. The highest BCUT2D eigenvalue weighted by Crippen LogP contribution is 2.55. The summed E-state index contributed by atoms with van der Waals surface area (Å²) in [6.07, 6.45) is 1.95. The predicted molar refractivity (Wildman–Crippen MR) is 120 cm³/mol. The standard InChI is InChI=1S/C25H34F3N3O4/c1-33-24(34-2)7-9-35-15-21(24)30-19-11-17-4-3-6-23(17,12-19)22(32)31-8-5-20-16(14-31)10-18(13-29-20)25(26,27)28/h10,13,17,19,21,30H,3-9,11-12,14-15H2,1-2H3/t17-,19-,21+,23-/m1/s1. The van der Waals surface area contributed by atoms with E-state index in [1.54, 1.807) is 19.1 Å². The monoisotopic (exact) mass is 497 g/mol. The van der Waals surface area contributed by atoms with Crippen molar-refractivity contribution in [1.82, 2.24) is 15.2 Å². The number of nitrogens with one attached hydrogen (secondary N) is 1. The van der Waals surface area contributed by atoms with Crippen molar-refractivity contribution < 1.29 is 32.2 Å². The van der Waals surface area contributed by atoms with Crippen molar-refractivity contribution in [2.75, 3.05) is 34.0 Å². The third-order valence-electron chi connectivity index (χ3n) is 8.75. The number of carbonyl (C=O) groups excluding carboxylic acids is 1. The molecule has 0 unspecified atom stereocenters. The number of pyridine rings is 1. The molecule has 35 heavy (non-hydrogen) atoms. The minimum Gasteiger partial charge on any atom is -0.379 e. The predicted octanol–water partition coefficient (Wildman–Crippen LogP) is 3.30. The lowest BCUT2D eigenvalue weighted by molar-refractivity contribution is -0.260. The largest absolute Gasteiger partial charge is 0.417 e. The van der Waals surface area contributed by atoms with E-state index in [0.717, 1.165) is 37.9 Å². The summed E-state index contributed by atoms with van der Waals surface area (Å²) in [5, 5.41) is 3.68. The molecule has 1 saturated heterocycles. The fourth-order valence-electron chi connectivity index (χ4n) is 6.94. The van der Waals surface area contributed by atoms with Crippen molar-refractivity contribution in [2.45, 2.75) is 75.5 Å². The number of rotatable bonds is 5. The van der Waals surface area contributed by atoms with Gasteiger partial charge in [0, 0.05) is 58.1 Å². The van der Waals surface area contributed by atoms with Crippen LogP contribution in [-0.4, -0.2) is 67.6 Å². The van der Waals surface area contributed by atoms with Crippen LogP contribution in [0.15, 0.2) is 12.3 Å². The van der Waals surface area contributed by atoms with Crippen LogP contribution in [0.3, 0.4) is 0 Å². The first-order valence-electron chi connectivity index (χ1n) is 12.5. The SMILES string of the molecule is COC1(OC)CCOC[C@@H]1N[C@@H]1C[C@H]2CCC[C@@]2(C(=O)N2CCc3ncc(C(F)(F)F)cc3C2)C1. The smallest absolute Gasteiger partial charge is 0.379 e. The molecule has 1 aromatic heterocycles. The molecule has 0 radical (unpaired) electrons. The molecule has 0 bridgehead atoms. The molecule has 1 aromatic rings. The highest BCUT2D eigenvalue weighted by molar-refractivity contribution is 5.84. The Bertz CT molecular complexity index is 954. The van der Waals surface area contributed by atoms with Gasteiger partial charge < -0.3 is 24.4 Å². The second kappa shape index (κ2) is 9.28. The lowest BCUT2D eigenvalue weighted by atomic mass is 9.78. The molecule has 10 heteroatoms. The van der Waals surface area contributed by atoms with E-state index in [-0.39, 0.29) is 30.5 Å². The molecule has 4 atom stereocenters. The maximum absolute atomic E-state index is 14.0. The molecule has 1 amide bonds. The molecule has 7 nitrogen and oxygen atoms in total. The summed E-state index contributed by atoms with van der Waals surface area (Å²) in [5.41, 5.74) is -0.0755. The summed E-state index contributed by atoms with van der Waals surface area (Å²) in [5.74, 6) is -0.415. The highest BCUT2D eigenvalue weighted by Gasteiger charge is 2.57. The van der Waals surface area contributed by atoms with Gasteiger partial charge in [-0.1, -0.05) is 6.42 Å². The Labute approximate surface area is 203 Å². The van der Waals surface area contributed by atoms with E-state index in [4.69, 9.17) is 14.2 Å². The van der Waals surface area contributed by atoms with Gasteiger partial charge in [-0.05, 0) is 43.2 Å². The Kier molecular flexibility index (Phi) is 6.61. The summed E-state index contributed by atoms with van der Waals surface area (Å²) in [6.45, 7) is 1.71. The molecule has 5 rings (SSSR count). The van der Waals surface area contributed by atoms with E-state index in [0.29, 0.717) is 50.3 Å². The number of carbonyl (C=O) groups is 1. The summed E-state index contributed by atoms with van der Waals surface area (Å²) in [7, 11) is 3.29. The first kappa shape index (κ1) is 24.9. The number of fused-ring (bicyclic) bond motifs is 2. The molecule has 0 aromatic carbocycles. The van der Waals surface area contributed by atoms with Gasteiger partial charge in [0.25, 0.3) is 0 Å². The maximum Gasteiger partial charge on any atom is 0.417 e. The number of hydrogen-bond acceptors (Lipinski definition) is 6. The van der Waals surface area contributed by atoms with Gasteiger partial charge in [0.1, 0.15) is 0 Å². The van der Waals surface area contributed by atoms with Crippen molar-refractivity contribution in [2.24, 2.45) is 11.3 Å². The molecule has 1 N–H and O–H groups in total. The first-order chi connectivity index (χ1) is 16.7.